The molecule has 0 aliphatic rings. The van der Waals surface area contributed by atoms with Gasteiger partial charge in [-0.1, -0.05) is 29.3 Å². The summed E-state index contributed by atoms with van der Waals surface area (Å²) in [6.07, 6.45) is 0. The molecule has 3 heteroatoms. The van der Waals surface area contributed by atoms with Gasteiger partial charge in [0.1, 0.15) is 0 Å². The first-order chi connectivity index (χ1) is 6.29. The predicted molar refractivity (Wildman–Crippen MR) is 58.6 cm³/mol. The van der Waals surface area contributed by atoms with Crippen LogP contribution in [0.4, 0.5) is 0 Å². The Morgan fingerprint density at radius 2 is 1.77 bits per heavy atom. The minimum atomic E-state index is 0.684. The van der Waals surface area contributed by atoms with E-state index in [1.54, 1.807) is 0 Å². The van der Waals surface area contributed by atoms with Gasteiger partial charge in [-0.3, -0.25) is 0 Å². The fourth-order valence-electron chi connectivity index (χ4n) is 1.11. The first-order valence-corrected chi connectivity index (χ1v) is 5.26. The van der Waals surface area contributed by atoms with E-state index in [1.807, 2.05) is 30.3 Å². The van der Waals surface area contributed by atoms with Crippen LogP contribution in [0.2, 0.25) is 10.0 Å². The summed E-state index contributed by atoms with van der Waals surface area (Å²) in [7, 11) is 0. The van der Waals surface area contributed by atoms with Crippen molar-refractivity contribution in [3.05, 3.63) is 45.8 Å². The van der Waals surface area contributed by atoms with Crippen molar-refractivity contribution < 1.29 is 0 Å². The Labute approximate surface area is 90.7 Å². The van der Waals surface area contributed by atoms with Crippen LogP contribution in [0.15, 0.2) is 30.3 Å². The summed E-state index contributed by atoms with van der Waals surface area (Å²) in [5, 5.41) is 4.37. The molecule has 2 aromatic rings. The maximum Gasteiger partial charge on any atom is 0.0507 e. The van der Waals surface area contributed by atoms with Gasteiger partial charge in [0.2, 0.25) is 0 Å². The van der Waals surface area contributed by atoms with E-state index in [2.05, 4.69) is 5.38 Å². The summed E-state index contributed by atoms with van der Waals surface area (Å²) in [4.78, 5) is 1.05. The fourth-order valence-corrected chi connectivity index (χ4v) is 2.54. The smallest absolute Gasteiger partial charge is 0.0507 e. The Kier molecular flexibility index (Phi) is 2.58. The van der Waals surface area contributed by atoms with Gasteiger partial charge >= 0.3 is 0 Å². The normalized spacial score (nSPS) is 10.3. The first-order valence-electron chi connectivity index (χ1n) is 3.69. The van der Waals surface area contributed by atoms with Gasteiger partial charge in [-0.15, -0.1) is 11.3 Å². The zero-order chi connectivity index (χ0) is 9.26. The molecule has 0 saturated carbocycles. The van der Waals surface area contributed by atoms with Gasteiger partial charge in [0.15, 0.2) is 0 Å². The minimum absolute atomic E-state index is 0.684. The Morgan fingerprint density at radius 1 is 1.08 bits per heavy atom. The second kappa shape index (κ2) is 3.70. The number of thiophene rings is 1. The summed E-state index contributed by atoms with van der Waals surface area (Å²) in [5.41, 5.74) is 0.900. The summed E-state index contributed by atoms with van der Waals surface area (Å²) < 4.78 is 0. The molecule has 0 fully saturated rings. The molecule has 0 unspecified atom stereocenters. The molecule has 1 heterocycles. The number of halogens is 2. The molecule has 0 atom stereocenters. The lowest BCUT2D eigenvalue weighted by Crippen LogP contribution is -1.76. The van der Waals surface area contributed by atoms with E-state index in [0.717, 1.165) is 10.4 Å². The average molecular weight is 228 g/mol. The second-order valence-electron chi connectivity index (χ2n) is 2.51. The Hall–Kier alpha value is -0.500. The number of hydrogen-bond donors (Lipinski definition) is 0. The lowest BCUT2D eigenvalue weighted by molar-refractivity contribution is 1.69. The van der Waals surface area contributed by atoms with Crippen LogP contribution in [0.25, 0.3) is 10.4 Å². The molecule has 0 amide bonds. The largest absolute Gasteiger partial charge is 0.134 e. The summed E-state index contributed by atoms with van der Waals surface area (Å²) in [6, 6.07) is 9.33. The molecule has 0 aliphatic carbocycles. The molecule has 0 bridgehead atoms. The maximum absolute atomic E-state index is 6.03. The van der Waals surface area contributed by atoms with E-state index < -0.39 is 0 Å². The molecular formula is C10H5Cl2S. The highest BCUT2D eigenvalue weighted by molar-refractivity contribution is 7.13. The molecule has 13 heavy (non-hydrogen) atoms. The van der Waals surface area contributed by atoms with Gasteiger partial charge in [-0.05, 0) is 24.3 Å². The summed E-state index contributed by atoms with van der Waals surface area (Å²) in [5.74, 6) is 0. The molecular weight excluding hydrogens is 223 g/mol. The topological polar surface area (TPSA) is 0 Å². The first kappa shape index (κ1) is 9.07. The monoisotopic (exact) mass is 227 g/mol. The van der Waals surface area contributed by atoms with Crippen LogP contribution >= 0.6 is 34.5 Å². The Morgan fingerprint density at radius 3 is 2.31 bits per heavy atom. The third kappa shape index (κ3) is 1.73. The van der Waals surface area contributed by atoms with Crippen molar-refractivity contribution in [1.29, 1.82) is 0 Å². The van der Waals surface area contributed by atoms with E-state index in [9.17, 15) is 0 Å². The molecule has 1 radical (unpaired) electrons. The van der Waals surface area contributed by atoms with Crippen molar-refractivity contribution in [2.24, 2.45) is 0 Å². The number of hydrogen-bond acceptors (Lipinski definition) is 1. The summed E-state index contributed by atoms with van der Waals surface area (Å²) >= 11 is 13.6. The maximum atomic E-state index is 6.03. The standard InChI is InChI=1S/C10H5Cl2S/c11-7-3-1-4-8(12)10(7)9-5-2-6-13-9/h1-5H. The highest BCUT2D eigenvalue weighted by Gasteiger charge is 2.07. The van der Waals surface area contributed by atoms with E-state index in [0.29, 0.717) is 10.0 Å². The van der Waals surface area contributed by atoms with Crippen LogP contribution in [0.5, 0.6) is 0 Å². The van der Waals surface area contributed by atoms with Crippen molar-refractivity contribution in [2.45, 2.75) is 0 Å². The number of benzene rings is 1. The van der Waals surface area contributed by atoms with Gasteiger partial charge < -0.3 is 0 Å². The van der Waals surface area contributed by atoms with Crippen molar-refractivity contribution >= 4 is 34.5 Å². The molecule has 1 aromatic carbocycles. The second-order valence-corrected chi connectivity index (χ2v) is 4.21. The van der Waals surface area contributed by atoms with Crippen LogP contribution in [0, 0.1) is 5.38 Å². The fraction of sp³-hybridized carbons (Fsp3) is 0. The molecule has 0 saturated heterocycles. The molecule has 0 spiro atoms. The third-order valence-electron chi connectivity index (χ3n) is 1.68. The van der Waals surface area contributed by atoms with Gasteiger partial charge in [0, 0.05) is 15.8 Å². The molecule has 1 aromatic heterocycles. The predicted octanol–water partition coefficient (Wildman–Crippen LogP) is 4.52. The van der Waals surface area contributed by atoms with Crippen LogP contribution in [-0.4, -0.2) is 0 Å². The lowest BCUT2D eigenvalue weighted by atomic mass is 10.2. The molecule has 0 nitrogen and oxygen atoms in total. The Balaban J connectivity index is 2.64. The van der Waals surface area contributed by atoms with Gasteiger partial charge in [-0.25, -0.2) is 0 Å². The molecule has 0 aliphatic heterocycles. The van der Waals surface area contributed by atoms with Crippen molar-refractivity contribution in [3.63, 3.8) is 0 Å². The quantitative estimate of drug-likeness (QED) is 0.673. The number of rotatable bonds is 1. The lowest BCUT2D eigenvalue weighted by Gasteiger charge is -2.02. The molecule has 2 rings (SSSR count). The van der Waals surface area contributed by atoms with Crippen LogP contribution in [-0.2, 0) is 0 Å². The van der Waals surface area contributed by atoms with Crippen LogP contribution in [0.1, 0.15) is 0 Å². The SMILES string of the molecule is Clc1cccc(Cl)c1-c1cc[c]s1. The van der Waals surface area contributed by atoms with Crippen molar-refractivity contribution in [3.8, 4) is 10.4 Å². The van der Waals surface area contributed by atoms with Crippen molar-refractivity contribution in [1.82, 2.24) is 0 Å². The zero-order valence-corrected chi connectivity index (χ0v) is 8.88. The van der Waals surface area contributed by atoms with E-state index in [-0.39, 0.29) is 0 Å². The molecule has 0 N–H and O–H groups in total. The van der Waals surface area contributed by atoms with E-state index in [1.165, 1.54) is 11.3 Å². The highest BCUT2D eigenvalue weighted by Crippen LogP contribution is 2.36. The van der Waals surface area contributed by atoms with Crippen LogP contribution < -0.4 is 0 Å². The zero-order valence-electron chi connectivity index (χ0n) is 6.55. The van der Waals surface area contributed by atoms with Gasteiger partial charge in [0.05, 0.1) is 10.0 Å². The van der Waals surface area contributed by atoms with Gasteiger partial charge in [0.25, 0.3) is 0 Å². The molecule has 65 valence electrons. The third-order valence-corrected chi connectivity index (χ3v) is 3.12. The van der Waals surface area contributed by atoms with E-state index in [4.69, 9.17) is 23.2 Å². The minimum Gasteiger partial charge on any atom is -0.134 e. The summed E-state index contributed by atoms with van der Waals surface area (Å²) in [6.45, 7) is 0. The highest BCUT2D eigenvalue weighted by atomic mass is 35.5. The van der Waals surface area contributed by atoms with Crippen LogP contribution in [0.3, 0.4) is 0 Å². The van der Waals surface area contributed by atoms with E-state index >= 15 is 0 Å². The Bertz CT molecular complexity index is 387. The average Bonchev–Trinajstić information content (AvgIpc) is 2.57. The van der Waals surface area contributed by atoms with Crippen molar-refractivity contribution in [2.75, 3.05) is 0 Å². The van der Waals surface area contributed by atoms with Gasteiger partial charge in [-0.2, -0.15) is 0 Å².